The molecule has 1 saturated carbocycles. The summed E-state index contributed by atoms with van der Waals surface area (Å²) in [6, 6.07) is 9.45. The summed E-state index contributed by atoms with van der Waals surface area (Å²) in [4.78, 5) is 27.3. The minimum atomic E-state index is -4.43. The van der Waals surface area contributed by atoms with Crippen LogP contribution < -0.4 is 15.5 Å². The lowest BCUT2D eigenvalue weighted by Crippen LogP contribution is -2.24. The van der Waals surface area contributed by atoms with E-state index in [-0.39, 0.29) is 23.6 Å². The van der Waals surface area contributed by atoms with Gasteiger partial charge in [0.2, 0.25) is 5.95 Å². The number of amides is 1. The van der Waals surface area contributed by atoms with Crippen molar-refractivity contribution in [2.45, 2.75) is 44.1 Å². The van der Waals surface area contributed by atoms with Crippen LogP contribution in [0.3, 0.4) is 0 Å². The fourth-order valence-corrected chi connectivity index (χ4v) is 4.72. The van der Waals surface area contributed by atoms with Gasteiger partial charge in [0.15, 0.2) is 5.65 Å². The van der Waals surface area contributed by atoms with Gasteiger partial charge in [-0.2, -0.15) is 18.2 Å². The molecule has 36 heavy (non-hydrogen) atoms. The third-order valence-electron chi connectivity index (χ3n) is 6.52. The molecule has 12 heteroatoms. The van der Waals surface area contributed by atoms with Gasteiger partial charge in [0.05, 0.1) is 35.2 Å². The maximum Gasteiger partial charge on any atom is 0.416 e. The number of rotatable bonds is 5. The molecular formula is C24H21F3N8O. The molecular weight excluding hydrogens is 473 g/mol. The molecule has 2 aliphatic rings. The van der Waals surface area contributed by atoms with Crippen LogP contribution >= 0.6 is 0 Å². The molecule has 0 aromatic carbocycles. The molecule has 1 fully saturated rings. The Morgan fingerprint density at radius 2 is 1.86 bits per heavy atom. The summed E-state index contributed by atoms with van der Waals surface area (Å²) in [6.07, 6.45) is 2.70. The third kappa shape index (κ3) is 4.18. The van der Waals surface area contributed by atoms with Gasteiger partial charge in [0, 0.05) is 24.5 Å². The number of carbonyl (C=O) groups is 1. The summed E-state index contributed by atoms with van der Waals surface area (Å²) < 4.78 is 40.2. The number of pyridine rings is 3. The zero-order valence-corrected chi connectivity index (χ0v) is 18.9. The maximum atomic E-state index is 12.9. The molecule has 1 aliphatic heterocycles. The number of aromatic nitrogens is 5. The van der Waals surface area contributed by atoms with E-state index in [9.17, 15) is 18.0 Å². The quantitative estimate of drug-likeness (QED) is 0.430. The second-order valence-electron chi connectivity index (χ2n) is 8.94. The van der Waals surface area contributed by atoms with Gasteiger partial charge in [-0.1, -0.05) is 0 Å². The summed E-state index contributed by atoms with van der Waals surface area (Å²) in [6.45, 7) is 0.425. The van der Waals surface area contributed by atoms with E-state index in [2.05, 4.69) is 30.7 Å². The van der Waals surface area contributed by atoms with Gasteiger partial charge < -0.3 is 15.5 Å². The predicted molar refractivity (Wildman–Crippen MR) is 126 cm³/mol. The van der Waals surface area contributed by atoms with Crippen molar-refractivity contribution in [2.75, 3.05) is 15.5 Å². The van der Waals surface area contributed by atoms with E-state index < -0.39 is 11.7 Å². The van der Waals surface area contributed by atoms with Crippen LogP contribution in [0.15, 0.2) is 55.0 Å². The van der Waals surface area contributed by atoms with E-state index in [0.717, 1.165) is 37.1 Å². The first-order valence-electron chi connectivity index (χ1n) is 11.5. The summed E-state index contributed by atoms with van der Waals surface area (Å²) in [5, 5.41) is 10.9. The Morgan fingerprint density at radius 1 is 1.03 bits per heavy atom. The van der Waals surface area contributed by atoms with E-state index in [4.69, 9.17) is 0 Å². The lowest BCUT2D eigenvalue weighted by Gasteiger charge is -2.17. The normalized spacial score (nSPS) is 19.6. The molecule has 4 aromatic heterocycles. The van der Waals surface area contributed by atoms with Crippen molar-refractivity contribution >= 4 is 29.0 Å². The van der Waals surface area contributed by atoms with Crippen LogP contribution in [0.4, 0.5) is 30.6 Å². The second kappa shape index (κ2) is 8.47. The highest BCUT2D eigenvalue weighted by atomic mass is 19.4. The predicted octanol–water partition coefficient (Wildman–Crippen LogP) is 4.14. The minimum absolute atomic E-state index is 0.0782. The highest BCUT2D eigenvalue weighted by Gasteiger charge is 2.32. The fraction of sp³-hybridized carbons (Fsp3) is 0.292. The van der Waals surface area contributed by atoms with Gasteiger partial charge in [0.25, 0.3) is 5.91 Å². The van der Waals surface area contributed by atoms with Crippen LogP contribution in [0.1, 0.15) is 40.9 Å². The molecule has 4 aromatic rings. The average molecular weight is 494 g/mol. The number of anilines is 3. The zero-order chi connectivity index (χ0) is 24.9. The molecule has 6 rings (SSSR count). The molecule has 5 heterocycles. The number of hydrogen-bond donors (Lipinski definition) is 2. The van der Waals surface area contributed by atoms with Crippen molar-refractivity contribution in [3.05, 3.63) is 71.8 Å². The highest BCUT2D eigenvalue weighted by Crippen LogP contribution is 2.31. The molecule has 9 nitrogen and oxygen atoms in total. The number of alkyl halides is 3. The number of nitrogens with zero attached hydrogens (tertiary/aromatic N) is 6. The van der Waals surface area contributed by atoms with Crippen molar-refractivity contribution in [1.82, 2.24) is 24.6 Å². The molecule has 2 N–H and O–H groups in total. The Kier molecular flexibility index (Phi) is 5.23. The third-order valence-corrected chi connectivity index (χ3v) is 6.52. The van der Waals surface area contributed by atoms with E-state index in [1.165, 1.54) is 10.7 Å². The molecule has 1 amide bonds. The van der Waals surface area contributed by atoms with Crippen LogP contribution in [0, 0.1) is 0 Å². The number of nitrogens with one attached hydrogen (secondary N) is 2. The number of fused-ring (bicyclic) bond motifs is 2. The molecule has 184 valence electrons. The Labute approximate surface area is 203 Å². The molecule has 0 spiro atoms. The molecule has 0 radical (unpaired) electrons. The maximum absolute atomic E-state index is 12.9. The van der Waals surface area contributed by atoms with Crippen LogP contribution in [-0.4, -0.2) is 42.6 Å². The van der Waals surface area contributed by atoms with E-state index in [0.29, 0.717) is 29.6 Å². The van der Waals surface area contributed by atoms with Gasteiger partial charge in [0.1, 0.15) is 5.82 Å². The molecule has 0 unspecified atom stereocenters. The van der Waals surface area contributed by atoms with E-state index in [1.807, 2.05) is 12.1 Å². The second-order valence-corrected chi connectivity index (χ2v) is 8.94. The molecule has 0 bridgehead atoms. The summed E-state index contributed by atoms with van der Waals surface area (Å²) in [5.74, 6) is 0.922. The first-order valence-corrected chi connectivity index (χ1v) is 11.5. The Bertz CT molecular complexity index is 1440. The summed E-state index contributed by atoms with van der Waals surface area (Å²) in [7, 11) is 0. The van der Waals surface area contributed by atoms with Crippen LogP contribution in [0.2, 0.25) is 0 Å². The number of halogens is 3. The topological polar surface area (TPSA) is 100 Å². The Morgan fingerprint density at radius 3 is 2.61 bits per heavy atom. The van der Waals surface area contributed by atoms with Crippen LogP contribution in [0.25, 0.3) is 5.65 Å². The van der Waals surface area contributed by atoms with Gasteiger partial charge in [-0.05, 0) is 55.7 Å². The summed E-state index contributed by atoms with van der Waals surface area (Å²) >= 11 is 0. The monoisotopic (exact) mass is 494 g/mol. The lowest BCUT2D eigenvalue weighted by molar-refractivity contribution is -0.137. The highest BCUT2D eigenvalue weighted by molar-refractivity contribution is 6.09. The Balaban J connectivity index is 1.06. The Hall–Kier alpha value is -4.22. The first kappa shape index (κ1) is 22.3. The smallest absolute Gasteiger partial charge is 0.367 e. The van der Waals surface area contributed by atoms with Gasteiger partial charge in [-0.25, -0.2) is 9.50 Å². The van der Waals surface area contributed by atoms with Crippen molar-refractivity contribution in [2.24, 2.45) is 0 Å². The number of hydrogen-bond acceptors (Lipinski definition) is 7. The molecule has 0 saturated heterocycles. The van der Waals surface area contributed by atoms with Crippen molar-refractivity contribution < 1.29 is 18.0 Å². The lowest BCUT2D eigenvalue weighted by atomic mass is 10.2. The first-order chi connectivity index (χ1) is 17.3. The average Bonchev–Trinajstić information content (AvgIpc) is 3.56. The zero-order valence-electron chi connectivity index (χ0n) is 18.9. The summed E-state index contributed by atoms with van der Waals surface area (Å²) in [5.41, 5.74) is 1.47. The van der Waals surface area contributed by atoms with Crippen LogP contribution in [0.5, 0.6) is 0 Å². The van der Waals surface area contributed by atoms with Crippen molar-refractivity contribution in [3.63, 3.8) is 0 Å². The largest absolute Gasteiger partial charge is 0.416 e. The molecule has 1 aliphatic carbocycles. The fourth-order valence-electron chi connectivity index (χ4n) is 4.72. The van der Waals surface area contributed by atoms with Gasteiger partial charge in [-0.3, -0.25) is 9.78 Å². The molecule has 2 atom stereocenters. The SMILES string of the molecule is O=C1c2cccnc2CN1c1ccc(N[C@H]2CC[C@H](Nc3nc4cc(C(F)(F)F)ccn4n3)C2)nc1. The number of carbonyl (C=O) groups excluding carboxylic acids is 1. The van der Waals surface area contributed by atoms with Gasteiger partial charge >= 0.3 is 6.18 Å². The van der Waals surface area contributed by atoms with Crippen LogP contribution in [-0.2, 0) is 12.7 Å². The van der Waals surface area contributed by atoms with Crippen molar-refractivity contribution in [1.29, 1.82) is 0 Å². The minimum Gasteiger partial charge on any atom is -0.367 e. The van der Waals surface area contributed by atoms with Gasteiger partial charge in [-0.15, -0.1) is 5.10 Å². The van der Waals surface area contributed by atoms with E-state index >= 15 is 0 Å². The van der Waals surface area contributed by atoms with Crippen molar-refractivity contribution in [3.8, 4) is 0 Å². The van der Waals surface area contributed by atoms with E-state index in [1.54, 1.807) is 29.4 Å². The standard InChI is InChI=1S/C24H21F3N8O/c25-24(26,27)14-7-9-35-21(10-14)32-23(33-35)31-16-4-3-15(11-16)30-20-6-5-17(12-29-20)34-13-19-18(22(34)36)2-1-8-28-19/h1-2,5-10,12,15-16H,3-4,11,13H2,(H,29,30)(H,31,33)/t15-,16-/m0/s1.